The largest absolute Gasteiger partial charge is 0.379 e. The number of hydrogen-bond donors (Lipinski definition) is 0. The van der Waals surface area contributed by atoms with Gasteiger partial charge in [-0.3, -0.25) is 0 Å². The Labute approximate surface area is 158 Å². The van der Waals surface area contributed by atoms with E-state index in [-0.39, 0.29) is 0 Å². The standard InChI is InChI=1S/C18H38O8/c1-3-19-5-7-21-9-11-23-13-15-25-17-18-26-16-14-24-12-10-22-8-6-20-4-2/h3-18H2,1-2H3. The molecule has 0 aliphatic rings. The molecule has 26 heavy (non-hydrogen) atoms. The van der Waals surface area contributed by atoms with E-state index in [1.807, 2.05) is 13.8 Å². The zero-order valence-corrected chi connectivity index (χ0v) is 16.6. The zero-order chi connectivity index (χ0) is 19.0. The minimum Gasteiger partial charge on any atom is -0.379 e. The smallest absolute Gasteiger partial charge is 0.0701 e. The maximum absolute atomic E-state index is 5.40. The van der Waals surface area contributed by atoms with Gasteiger partial charge in [-0.2, -0.15) is 0 Å². The van der Waals surface area contributed by atoms with Crippen LogP contribution in [-0.4, -0.2) is 106 Å². The van der Waals surface area contributed by atoms with Crippen molar-refractivity contribution in [2.24, 2.45) is 0 Å². The third-order valence-electron chi connectivity index (χ3n) is 3.01. The third kappa shape index (κ3) is 23.7. The third-order valence-corrected chi connectivity index (χ3v) is 3.01. The molecule has 0 heterocycles. The summed E-state index contributed by atoms with van der Waals surface area (Å²) in [6.45, 7) is 13.5. The Kier molecular flexibility index (Phi) is 24.4. The fourth-order valence-corrected chi connectivity index (χ4v) is 1.73. The molecule has 0 aliphatic heterocycles. The molecule has 0 N–H and O–H groups in total. The van der Waals surface area contributed by atoms with E-state index in [9.17, 15) is 0 Å². The van der Waals surface area contributed by atoms with Gasteiger partial charge in [0.2, 0.25) is 0 Å². The molecule has 8 heteroatoms. The van der Waals surface area contributed by atoms with Gasteiger partial charge in [-0.1, -0.05) is 0 Å². The first-order valence-corrected chi connectivity index (χ1v) is 9.53. The van der Waals surface area contributed by atoms with Gasteiger partial charge < -0.3 is 37.9 Å². The van der Waals surface area contributed by atoms with Crippen LogP contribution in [0.3, 0.4) is 0 Å². The van der Waals surface area contributed by atoms with E-state index in [1.54, 1.807) is 0 Å². The van der Waals surface area contributed by atoms with Crippen LogP contribution in [0.2, 0.25) is 0 Å². The lowest BCUT2D eigenvalue weighted by atomic mass is 10.6. The van der Waals surface area contributed by atoms with Crippen molar-refractivity contribution >= 4 is 0 Å². The summed E-state index contributed by atoms with van der Waals surface area (Å²) in [5.74, 6) is 0. The van der Waals surface area contributed by atoms with Gasteiger partial charge in [-0.25, -0.2) is 0 Å². The van der Waals surface area contributed by atoms with Crippen LogP contribution in [-0.2, 0) is 37.9 Å². The van der Waals surface area contributed by atoms with Crippen molar-refractivity contribution in [1.82, 2.24) is 0 Å². The van der Waals surface area contributed by atoms with Gasteiger partial charge in [0.1, 0.15) is 0 Å². The van der Waals surface area contributed by atoms with Gasteiger partial charge >= 0.3 is 0 Å². The van der Waals surface area contributed by atoms with Crippen LogP contribution >= 0.6 is 0 Å². The highest BCUT2D eigenvalue weighted by Crippen LogP contribution is 1.85. The van der Waals surface area contributed by atoms with Crippen molar-refractivity contribution in [2.75, 3.05) is 106 Å². The Morgan fingerprint density at radius 3 is 0.577 bits per heavy atom. The van der Waals surface area contributed by atoms with E-state index in [2.05, 4.69) is 0 Å². The van der Waals surface area contributed by atoms with E-state index >= 15 is 0 Å². The number of ether oxygens (including phenoxy) is 8. The molecule has 0 spiro atoms. The molecular formula is C18H38O8. The Morgan fingerprint density at radius 2 is 0.423 bits per heavy atom. The molecule has 8 nitrogen and oxygen atoms in total. The fourth-order valence-electron chi connectivity index (χ4n) is 1.73. The minimum absolute atomic E-state index is 0.550. The fraction of sp³-hybridized carbons (Fsp3) is 1.00. The van der Waals surface area contributed by atoms with Crippen LogP contribution in [0.4, 0.5) is 0 Å². The second kappa shape index (κ2) is 24.7. The summed E-state index contributed by atoms with van der Waals surface area (Å²) in [4.78, 5) is 0. The second-order valence-corrected chi connectivity index (χ2v) is 5.07. The van der Waals surface area contributed by atoms with Crippen LogP contribution in [0.15, 0.2) is 0 Å². The lowest BCUT2D eigenvalue weighted by molar-refractivity contribution is -0.0225. The van der Waals surface area contributed by atoms with Gasteiger partial charge in [0.25, 0.3) is 0 Å². The van der Waals surface area contributed by atoms with Gasteiger partial charge in [0.15, 0.2) is 0 Å². The Balaban J connectivity index is 2.95. The van der Waals surface area contributed by atoms with Crippen LogP contribution in [0.5, 0.6) is 0 Å². The lowest BCUT2D eigenvalue weighted by Gasteiger charge is -2.08. The summed E-state index contributed by atoms with van der Waals surface area (Å²) >= 11 is 0. The van der Waals surface area contributed by atoms with E-state index in [4.69, 9.17) is 37.9 Å². The monoisotopic (exact) mass is 382 g/mol. The molecule has 0 aliphatic carbocycles. The van der Waals surface area contributed by atoms with E-state index < -0.39 is 0 Å². The van der Waals surface area contributed by atoms with Crippen molar-refractivity contribution in [3.8, 4) is 0 Å². The SMILES string of the molecule is CCOCCOCCOCCOCCOCCOCCOCCOCC. The van der Waals surface area contributed by atoms with Crippen LogP contribution in [0.25, 0.3) is 0 Å². The second-order valence-electron chi connectivity index (χ2n) is 5.07. The average molecular weight is 382 g/mol. The molecule has 0 saturated heterocycles. The van der Waals surface area contributed by atoms with Gasteiger partial charge in [-0.05, 0) is 13.8 Å². The molecule has 0 aromatic carbocycles. The molecule has 0 bridgehead atoms. The van der Waals surface area contributed by atoms with Crippen molar-refractivity contribution in [1.29, 1.82) is 0 Å². The van der Waals surface area contributed by atoms with Crippen molar-refractivity contribution in [2.45, 2.75) is 13.8 Å². The van der Waals surface area contributed by atoms with Gasteiger partial charge in [-0.15, -0.1) is 0 Å². The topological polar surface area (TPSA) is 73.8 Å². The lowest BCUT2D eigenvalue weighted by Crippen LogP contribution is -2.14. The Morgan fingerprint density at radius 1 is 0.269 bits per heavy atom. The molecule has 0 unspecified atom stereocenters. The summed E-state index contributed by atoms with van der Waals surface area (Å²) in [6.07, 6.45) is 0. The molecule has 0 aromatic heterocycles. The first-order chi connectivity index (χ1) is 12.9. The van der Waals surface area contributed by atoms with Crippen molar-refractivity contribution in [3.05, 3.63) is 0 Å². The van der Waals surface area contributed by atoms with Gasteiger partial charge in [0, 0.05) is 13.2 Å². The highest BCUT2D eigenvalue weighted by molar-refractivity contribution is 4.37. The van der Waals surface area contributed by atoms with Crippen LogP contribution < -0.4 is 0 Å². The number of hydrogen-bond acceptors (Lipinski definition) is 8. The molecule has 0 fully saturated rings. The summed E-state index contributed by atoms with van der Waals surface area (Å²) < 4.78 is 42.5. The maximum atomic E-state index is 5.40. The van der Waals surface area contributed by atoms with Crippen LogP contribution in [0, 0.1) is 0 Å². The first kappa shape index (κ1) is 25.7. The highest BCUT2D eigenvalue weighted by atomic mass is 16.6. The first-order valence-electron chi connectivity index (χ1n) is 9.53. The predicted octanol–water partition coefficient (Wildman–Crippen LogP) is 1.16. The zero-order valence-electron chi connectivity index (χ0n) is 16.6. The molecule has 0 amide bonds. The molecule has 0 rings (SSSR count). The summed E-state index contributed by atoms with van der Waals surface area (Å²) in [5.41, 5.74) is 0. The summed E-state index contributed by atoms with van der Waals surface area (Å²) in [6, 6.07) is 0. The van der Waals surface area contributed by atoms with Crippen molar-refractivity contribution < 1.29 is 37.9 Å². The normalized spacial score (nSPS) is 11.3. The van der Waals surface area contributed by atoms with E-state index in [0.717, 1.165) is 13.2 Å². The number of rotatable bonds is 23. The molecule has 158 valence electrons. The molecule has 0 atom stereocenters. The highest BCUT2D eigenvalue weighted by Gasteiger charge is 1.94. The van der Waals surface area contributed by atoms with E-state index in [0.29, 0.717) is 92.5 Å². The Bertz CT molecular complexity index is 219. The molecular weight excluding hydrogens is 344 g/mol. The van der Waals surface area contributed by atoms with Crippen LogP contribution in [0.1, 0.15) is 13.8 Å². The molecule has 0 radical (unpaired) electrons. The molecule has 0 saturated carbocycles. The maximum Gasteiger partial charge on any atom is 0.0701 e. The summed E-state index contributed by atoms with van der Waals surface area (Å²) in [7, 11) is 0. The quantitative estimate of drug-likeness (QED) is 0.244. The van der Waals surface area contributed by atoms with E-state index in [1.165, 1.54) is 0 Å². The predicted molar refractivity (Wildman–Crippen MR) is 97.9 cm³/mol. The minimum atomic E-state index is 0.550. The summed E-state index contributed by atoms with van der Waals surface area (Å²) in [5, 5.41) is 0. The van der Waals surface area contributed by atoms with Crippen molar-refractivity contribution in [3.63, 3.8) is 0 Å². The molecule has 0 aromatic rings. The average Bonchev–Trinajstić information content (AvgIpc) is 2.66. The Hall–Kier alpha value is -0.320. The van der Waals surface area contributed by atoms with Gasteiger partial charge in [0.05, 0.1) is 92.5 Å².